The normalized spacial score (nSPS) is 15.1. The van der Waals surface area contributed by atoms with Crippen molar-refractivity contribution in [2.24, 2.45) is 0 Å². The minimum Gasteiger partial charge on any atom is -0.489 e. The van der Waals surface area contributed by atoms with Crippen molar-refractivity contribution in [2.75, 3.05) is 13.2 Å². The summed E-state index contributed by atoms with van der Waals surface area (Å²) < 4.78 is 34.6. The Morgan fingerprint density at radius 3 is 2.53 bits per heavy atom. The van der Waals surface area contributed by atoms with Gasteiger partial charge in [0.15, 0.2) is 11.5 Å². The Bertz CT molecular complexity index is 586. The van der Waals surface area contributed by atoms with Gasteiger partial charge in [0.1, 0.15) is 0 Å². The minimum atomic E-state index is -3.61. The van der Waals surface area contributed by atoms with Crippen LogP contribution in [0.1, 0.15) is 24.5 Å². The van der Waals surface area contributed by atoms with Gasteiger partial charge in [-0.3, -0.25) is 0 Å². The van der Waals surface area contributed by atoms with E-state index in [-0.39, 0.29) is 5.75 Å². The van der Waals surface area contributed by atoms with Crippen molar-refractivity contribution >= 4 is 35.7 Å². The molecule has 0 unspecified atom stereocenters. The lowest BCUT2D eigenvalue weighted by Gasteiger charge is -2.16. The Balaban J connectivity index is 2.57. The molecule has 1 heterocycles. The van der Waals surface area contributed by atoms with E-state index in [1.807, 2.05) is 6.92 Å². The first kappa shape index (κ1) is 14.9. The third-order valence-corrected chi connectivity index (χ3v) is 4.42. The van der Waals surface area contributed by atoms with Gasteiger partial charge >= 0.3 is 0 Å². The van der Waals surface area contributed by atoms with Crippen LogP contribution in [0.4, 0.5) is 0 Å². The van der Waals surface area contributed by atoms with Crippen LogP contribution in [0, 0.1) is 0 Å². The average molecular weight is 370 g/mol. The van der Waals surface area contributed by atoms with Crippen LogP contribution in [-0.4, -0.2) is 21.6 Å². The average Bonchev–Trinajstić information content (AvgIpc) is 2.53. The van der Waals surface area contributed by atoms with Gasteiger partial charge in [-0.25, -0.2) is 8.42 Å². The van der Waals surface area contributed by atoms with Gasteiger partial charge in [-0.1, -0.05) is 6.92 Å². The maximum Gasteiger partial charge on any atom is 0.236 e. The SMILES string of the molecule is CCc1c(CS(=O)(=O)Cl)cc(Br)c2c1OCCCO2. The summed E-state index contributed by atoms with van der Waals surface area (Å²) in [4.78, 5) is 0. The highest BCUT2D eigenvalue weighted by atomic mass is 79.9. The number of hydrogen-bond acceptors (Lipinski definition) is 4. The van der Waals surface area contributed by atoms with Crippen molar-refractivity contribution in [2.45, 2.75) is 25.5 Å². The number of halogens is 2. The molecule has 0 amide bonds. The maximum absolute atomic E-state index is 11.3. The summed E-state index contributed by atoms with van der Waals surface area (Å²) in [6.45, 7) is 3.09. The van der Waals surface area contributed by atoms with Gasteiger partial charge in [-0.05, 0) is 34.0 Å². The monoisotopic (exact) mass is 368 g/mol. The first-order valence-corrected chi connectivity index (χ1v) is 9.21. The van der Waals surface area contributed by atoms with Gasteiger partial charge < -0.3 is 9.47 Å². The smallest absolute Gasteiger partial charge is 0.236 e. The molecule has 0 aliphatic carbocycles. The summed E-state index contributed by atoms with van der Waals surface area (Å²) in [5, 5.41) is 0. The number of hydrogen-bond donors (Lipinski definition) is 0. The van der Waals surface area contributed by atoms with Crippen molar-refractivity contribution in [1.82, 2.24) is 0 Å². The van der Waals surface area contributed by atoms with Gasteiger partial charge in [0.05, 0.1) is 23.4 Å². The molecule has 0 bridgehead atoms. The molecule has 7 heteroatoms. The van der Waals surface area contributed by atoms with Crippen molar-refractivity contribution in [3.8, 4) is 11.5 Å². The van der Waals surface area contributed by atoms with Gasteiger partial charge in [-0.15, -0.1) is 0 Å². The molecular formula is C12H14BrClO4S. The topological polar surface area (TPSA) is 52.6 Å². The second-order valence-electron chi connectivity index (χ2n) is 4.24. The molecular weight excluding hydrogens is 356 g/mol. The highest BCUT2D eigenvalue weighted by molar-refractivity contribution is 9.10. The summed E-state index contributed by atoms with van der Waals surface area (Å²) in [6.07, 6.45) is 1.45. The molecule has 1 aliphatic rings. The lowest BCUT2D eigenvalue weighted by atomic mass is 10.0. The molecule has 2 rings (SSSR count). The van der Waals surface area contributed by atoms with E-state index in [2.05, 4.69) is 15.9 Å². The molecule has 19 heavy (non-hydrogen) atoms. The molecule has 1 aromatic rings. The van der Waals surface area contributed by atoms with E-state index in [1.165, 1.54) is 0 Å². The number of fused-ring (bicyclic) bond motifs is 1. The second kappa shape index (κ2) is 5.89. The first-order chi connectivity index (χ1) is 8.92. The van der Waals surface area contributed by atoms with Crippen LogP contribution in [0.25, 0.3) is 0 Å². The molecule has 1 aromatic carbocycles. The summed E-state index contributed by atoms with van der Waals surface area (Å²) in [6, 6.07) is 1.74. The Morgan fingerprint density at radius 2 is 1.95 bits per heavy atom. The Morgan fingerprint density at radius 1 is 1.32 bits per heavy atom. The predicted molar refractivity (Wildman–Crippen MR) is 77.6 cm³/mol. The predicted octanol–water partition coefficient (Wildman–Crippen LogP) is 3.24. The van der Waals surface area contributed by atoms with Crippen LogP contribution in [0.2, 0.25) is 0 Å². The van der Waals surface area contributed by atoms with Crippen molar-refractivity contribution in [3.63, 3.8) is 0 Å². The van der Waals surface area contributed by atoms with Crippen LogP contribution in [0.5, 0.6) is 11.5 Å². The van der Waals surface area contributed by atoms with E-state index in [9.17, 15) is 8.42 Å². The van der Waals surface area contributed by atoms with E-state index in [0.717, 1.165) is 12.0 Å². The van der Waals surface area contributed by atoms with Crippen LogP contribution < -0.4 is 9.47 Å². The molecule has 0 fully saturated rings. The molecule has 0 saturated carbocycles. The Kier molecular flexibility index (Phi) is 4.63. The van der Waals surface area contributed by atoms with Crippen LogP contribution >= 0.6 is 26.6 Å². The van der Waals surface area contributed by atoms with Crippen LogP contribution in [-0.2, 0) is 21.2 Å². The lowest BCUT2D eigenvalue weighted by Crippen LogP contribution is -2.04. The Hall–Kier alpha value is -0.460. The highest BCUT2D eigenvalue weighted by Gasteiger charge is 2.22. The quantitative estimate of drug-likeness (QED) is 0.768. The molecule has 0 aromatic heterocycles. The summed E-state index contributed by atoms with van der Waals surface area (Å²) in [5.74, 6) is 1.06. The van der Waals surface area contributed by atoms with Crippen molar-refractivity contribution in [3.05, 3.63) is 21.7 Å². The fraction of sp³-hybridized carbons (Fsp3) is 0.500. The highest BCUT2D eigenvalue weighted by Crippen LogP contribution is 2.42. The van der Waals surface area contributed by atoms with Crippen molar-refractivity contribution in [1.29, 1.82) is 0 Å². The van der Waals surface area contributed by atoms with Gasteiger partial charge in [0.2, 0.25) is 9.05 Å². The summed E-state index contributed by atoms with van der Waals surface area (Å²) in [7, 11) is 1.74. The zero-order chi connectivity index (χ0) is 14.0. The molecule has 0 atom stereocenters. The first-order valence-electron chi connectivity index (χ1n) is 5.94. The van der Waals surface area contributed by atoms with Crippen molar-refractivity contribution < 1.29 is 17.9 Å². The van der Waals surface area contributed by atoms with E-state index in [4.69, 9.17) is 20.2 Å². The molecule has 1 aliphatic heterocycles. The van der Waals surface area contributed by atoms with Crippen LogP contribution in [0.15, 0.2) is 10.5 Å². The molecule has 4 nitrogen and oxygen atoms in total. The molecule has 0 saturated heterocycles. The molecule has 0 radical (unpaired) electrons. The third kappa shape index (κ3) is 3.55. The van der Waals surface area contributed by atoms with E-state index in [1.54, 1.807) is 6.07 Å². The fourth-order valence-electron chi connectivity index (χ4n) is 2.09. The standard InChI is InChI=1S/C12H14BrClO4S/c1-2-9-8(7-19(14,15)16)6-10(13)12-11(9)17-4-3-5-18-12/h6H,2-5,7H2,1H3. The summed E-state index contributed by atoms with van der Waals surface area (Å²) >= 11 is 3.40. The van der Waals surface area contributed by atoms with E-state index >= 15 is 0 Å². The van der Waals surface area contributed by atoms with Crippen LogP contribution in [0.3, 0.4) is 0 Å². The molecule has 0 spiro atoms. The summed E-state index contributed by atoms with van der Waals surface area (Å²) in [5.41, 5.74) is 1.48. The maximum atomic E-state index is 11.3. The number of benzene rings is 1. The van der Waals surface area contributed by atoms with E-state index in [0.29, 0.717) is 41.2 Å². The lowest BCUT2D eigenvalue weighted by molar-refractivity contribution is 0.295. The minimum absolute atomic E-state index is 0.215. The van der Waals surface area contributed by atoms with E-state index < -0.39 is 9.05 Å². The molecule has 0 N–H and O–H groups in total. The largest absolute Gasteiger partial charge is 0.489 e. The number of ether oxygens (including phenoxy) is 2. The number of rotatable bonds is 3. The fourth-order valence-corrected chi connectivity index (χ4v) is 3.65. The van der Waals surface area contributed by atoms with Gasteiger partial charge in [0, 0.05) is 22.7 Å². The molecule has 106 valence electrons. The third-order valence-electron chi connectivity index (χ3n) is 2.85. The van der Waals surface area contributed by atoms with Gasteiger partial charge in [-0.2, -0.15) is 0 Å². The Labute approximate surface area is 125 Å². The van der Waals surface area contributed by atoms with Gasteiger partial charge in [0.25, 0.3) is 0 Å². The zero-order valence-corrected chi connectivity index (χ0v) is 13.6. The second-order valence-corrected chi connectivity index (χ2v) is 7.87. The zero-order valence-electron chi connectivity index (χ0n) is 10.4.